The number of oxazole rings is 1. The number of fused-ring (bicyclic) bond motifs is 1. The van der Waals surface area contributed by atoms with Crippen LogP contribution in [0.25, 0.3) is 11.1 Å². The Morgan fingerprint density at radius 3 is 2.67 bits per heavy atom. The number of nitrogens with two attached hydrogens (primary N) is 1. The summed E-state index contributed by atoms with van der Waals surface area (Å²) in [5.74, 6) is -0.930. The summed E-state index contributed by atoms with van der Waals surface area (Å²) in [7, 11) is 0. The first kappa shape index (κ1) is 13.0. The Hall–Kier alpha value is -3.02. The van der Waals surface area contributed by atoms with Gasteiger partial charge in [0.05, 0.1) is 5.69 Å². The highest BCUT2D eigenvalue weighted by Gasteiger charge is 2.14. The summed E-state index contributed by atoms with van der Waals surface area (Å²) in [6.45, 7) is -0.158. The molecule has 1 amide bonds. The highest BCUT2D eigenvalue weighted by Crippen LogP contribution is 2.19. The number of hydrogen-bond acceptors (Lipinski definition) is 4. The Bertz CT molecular complexity index is 849. The molecule has 1 heterocycles. The van der Waals surface area contributed by atoms with Gasteiger partial charge < -0.3 is 15.5 Å². The minimum Gasteiger partial charge on any atom is -0.408 e. The number of carbonyl (C=O) groups excluding carboxylic acids is 1. The van der Waals surface area contributed by atoms with Crippen LogP contribution >= 0.6 is 0 Å². The second-order valence-corrected chi connectivity index (χ2v) is 4.56. The van der Waals surface area contributed by atoms with Gasteiger partial charge in [-0.3, -0.25) is 9.36 Å². The molecule has 0 spiro atoms. The van der Waals surface area contributed by atoms with Crippen LogP contribution in [-0.2, 0) is 11.3 Å². The van der Waals surface area contributed by atoms with Crippen molar-refractivity contribution in [2.75, 3.05) is 11.1 Å². The molecule has 3 rings (SSSR count). The average Bonchev–Trinajstić information content (AvgIpc) is 2.77. The van der Waals surface area contributed by atoms with E-state index in [2.05, 4.69) is 5.32 Å². The van der Waals surface area contributed by atoms with Crippen LogP contribution in [0.3, 0.4) is 0 Å². The number of nitrogens with zero attached hydrogens (tertiary/aromatic N) is 1. The molecule has 0 saturated carbocycles. The van der Waals surface area contributed by atoms with Crippen molar-refractivity contribution in [3.63, 3.8) is 0 Å². The van der Waals surface area contributed by atoms with Crippen LogP contribution in [-0.4, -0.2) is 10.5 Å². The van der Waals surface area contributed by atoms with Gasteiger partial charge in [0.2, 0.25) is 5.91 Å². The monoisotopic (exact) mass is 283 g/mol. The van der Waals surface area contributed by atoms with E-state index < -0.39 is 5.76 Å². The number of hydrogen-bond donors (Lipinski definition) is 2. The predicted molar refractivity (Wildman–Crippen MR) is 80.0 cm³/mol. The fraction of sp³-hybridized carbons (Fsp3) is 0.0667. The zero-order valence-corrected chi connectivity index (χ0v) is 11.1. The zero-order chi connectivity index (χ0) is 14.8. The smallest absolute Gasteiger partial charge is 0.408 e. The topological polar surface area (TPSA) is 90.3 Å². The first-order chi connectivity index (χ1) is 10.1. The van der Waals surface area contributed by atoms with E-state index in [1.54, 1.807) is 30.3 Å². The number of anilines is 2. The molecule has 3 aromatic rings. The molecule has 3 N–H and O–H groups in total. The largest absolute Gasteiger partial charge is 0.420 e. The van der Waals surface area contributed by atoms with Gasteiger partial charge in [-0.1, -0.05) is 24.3 Å². The van der Waals surface area contributed by atoms with E-state index in [9.17, 15) is 9.59 Å². The van der Waals surface area contributed by atoms with E-state index in [0.29, 0.717) is 22.5 Å². The average molecular weight is 283 g/mol. The first-order valence-corrected chi connectivity index (χ1v) is 6.38. The Kier molecular flexibility index (Phi) is 3.19. The summed E-state index contributed by atoms with van der Waals surface area (Å²) in [5.41, 5.74) is 7.71. The van der Waals surface area contributed by atoms with Crippen molar-refractivity contribution in [1.29, 1.82) is 0 Å². The minimum atomic E-state index is -0.605. The molecular formula is C15H13N3O3. The summed E-state index contributed by atoms with van der Waals surface area (Å²) < 4.78 is 6.30. The quantitative estimate of drug-likeness (QED) is 0.717. The van der Waals surface area contributed by atoms with Gasteiger partial charge >= 0.3 is 5.76 Å². The standard InChI is InChI=1S/C15H13N3O3/c16-11-7-4-8-12-14(11)18(15(20)21-12)9-13(19)17-10-5-2-1-3-6-10/h1-8H,9,16H2,(H,17,19). The van der Waals surface area contributed by atoms with Crippen LogP contribution in [0.4, 0.5) is 11.4 Å². The summed E-state index contributed by atoms with van der Waals surface area (Å²) in [6.07, 6.45) is 0. The van der Waals surface area contributed by atoms with Gasteiger partial charge in [0.15, 0.2) is 5.58 Å². The van der Waals surface area contributed by atoms with E-state index in [1.165, 1.54) is 4.57 Å². The van der Waals surface area contributed by atoms with Gasteiger partial charge in [-0.15, -0.1) is 0 Å². The Morgan fingerprint density at radius 2 is 1.90 bits per heavy atom. The highest BCUT2D eigenvalue weighted by atomic mass is 16.4. The van der Waals surface area contributed by atoms with Crippen molar-refractivity contribution in [3.05, 3.63) is 59.1 Å². The number of carbonyl (C=O) groups is 1. The zero-order valence-electron chi connectivity index (χ0n) is 11.1. The molecule has 21 heavy (non-hydrogen) atoms. The summed E-state index contributed by atoms with van der Waals surface area (Å²) >= 11 is 0. The van der Waals surface area contributed by atoms with Gasteiger partial charge in [-0.25, -0.2) is 4.79 Å². The van der Waals surface area contributed by atoms with Crippen LogP contribution in [0, 0.1) is 0 Å². The molecule has 106 valence electrons. The van der Waals surface area contributed by atoms with Gasteiger partial charge in [0.25, 0.3) is 0 Å². The summed E-state index contributed by atoms with van der Waals surface area (Å²) in [4.78, 5) is 23.9. The molecular weight excluding hydrogens is 270 g/mol. The van der Waals surface area contributed by atoms with Crippen LogP contribution in [0.2, 0.25) is 0 Å². The summed E-state index contributed by atoms with van der Waals surface area (Å²) in [5, 5.41) is 2.71. The van der Waals surface area contributed by atoms with E-state index in [-0.39, 0.29) is 12.5 Å². The van der Waals surface area contributed by atoms with Crippen molar-refractivity contribution < 1.29 is 9.21 Å². The van der Waals surface area contributed by atoms with Crippen LogP contribution < -0.4 is 16.8 Å². The second-order valence-electron chi connectivity index (χ2n) is 4.56. The number of para-hydroxylation sites is 2. The maximum atomic E-state index is 12.0. The SMILES string of the molecule is Nc1cccc2oc(=O)n(CC(=O)Nc3ccccc3)c12. The van der Waals surface area contributed by atoms with Crippen molar-refractivity contribution in [2.45, 2.75) is 6.54 Å². The lowest BCUT2D eigenvalue weighted by molar-refractivity contribution is -0.116. The Morgan fingerprint density at radius 1 is 1.14 bits per heavy atom. The third-order valence-electron chi connectivity index (χ3n) is 3.08. The number of aromatic nitrogens is 1. The lowest BCUT2D eigenvalue weighted by Crippen LogP contribution is -2.25. The Labute approximate surface area is 119 Å². The summed E-state index contributed by atoms with van der Waals surface area (Å²) in [6, 6.07) is 14.0. The lowest BCUT2D eigenvalue weighted by atomic mass is 10.3. The van der Waals surface area contributed by atoms with Crippen molar-refractivity contribution in [2.24, 2.45) is 0 Å². The molecule has 0 unspecified atom stereocenters. The first-order valence-electron chi connectivity index (χ1n) is 6.38. The highest BCUT2D eigenvalue weighted by molar-refractivity contribution is 5.92. The molecule has 0 saturated heterocycles. The molecule has 1 aromatic heterocycles. The van der Waals surface area contributed by atoms with Crippen molar-refractivity contribution in [3.8, 4) is 0 Å². The molecule has 0 radical (unpaired) electrons. The van der Waals surface area contributed by atoms with Crippen molar-refractivity contribution >= 4 is 28.4 Å². The third kappa shape index (κ3) is 2.51. The fourth-order valence-corrected chi connectivity index (χ4v) is 2.16. The molecule has 6 nitrogen and oxygen atoms in total. The van der Waals surface area contributed by atoms with Crippen LogP contribution in [0.15, 0.2) is 57.7 Å². The maximum absolute atomic E-state index is 12.0. The van der Waals surface area contributed by atoms with Gasteiger partial charge in [0.1, 0.15) is 12.1 Å². The van der Waals surface area contributed by atoms with E-state index >= 15 is 0 Å². The van der Waals surface area contributed by atoms with Gasteiger partial charge in [0, 0.05) is 5.69 Å². The fourth-order valence-electron chi connectivity index (χ4n) is 2.16. The molecule has 0 bridgehead atoms. The Balaban J connectivity index is 1.90. The van der Waals surface area contributed by atoms with Gasteiger partial charge in [-0.05, 0) is 24.3 Å². The van der Waals surface area contributed by atoms with Crippen LogP contribution in [0.1, 0.15) is 0 Å². The molecule has 2 aromatic carbocycles. The van der Waals surface area contributed by atoms with E-state index in [4.69, 9.17) is 10.2 Å². The number of benzene rings is 2. The number of nitrogens with one attached hydrogen (secondary N) is 1. The van der Waals surface area contributed by atoms with E-state index in [1.807, 2.05) is 18.2 Å². The number of nitrogen functional groups attached to an aromatic ring is 1. The number of amides is 1. The number of rotatable bonds is 3. The maximum Gasteiger partial charge on any atom is 0.420 e. The molecule has 0 aliphatic carbocycles. The van der Waals surface area contributed by atoms with Crippen LogP contribution in [0.5, 0.6) is 0 Å². The molecule has 0 fully saturated rings. The predicted octanol–water partition coefficient (Wildman–Crippen LogP) is 1.82. The molecule has 0 atom stereocenters. The molecule has 6 heteroatoms. The molecule has 0 aliphatic rings. The second kappa shape index (κ2) is 5.16. The lowest BCUT2D eigenvalue weighted by Gasteiger charge is -2.06. The third-order valence-corrected chi connectivity index (χ3v) is 3.08. The normalized spacial score (nSPS) is 10.7. The van der Waals surface area contributed by atoms with Gasteiger partial charge in [-0.2, -0.15) is 0 Å². The molecule has 0 aliphatic heterocycles. The van der Waals surface area contributed by atoms with Crippen molar-refractivity contribution in [1.82, 2.24) is 4.57 Å². The minimum absolute atomic E-state index is 0.158. The van der Waals surface area contributed by atoms with E-state index in [0.717, 1.165) is 0 Å².